The number of hydrogen-bond acceptors (Lipinski definition) is 5. The Kier molecular flexibility index (Phi) is 4.71. The van der Waals surface area contributed by atoms with Gasteiger partial charge in [-0.05, 0) is 43.3 Å². The van der Waals surface area contributed by atoms with Crippen molar-refractivity contribution in [2.24, 2.45) is 5.10 Å². The molecule has 4 rings (SSSR count). The van der Waals surface area contributed by atoms with Crippen molar-refractivity contribution in [3.05, 3.63) is 54.1 Å². The van der Waals surface area contributed by atoms with E-state index in [1.54, 1.807) is 6.07 Å². The molecule has 6 nitrogen and oxygen atoms in total. The number of piperazine rings is 1. The predicted octanol–water partition coefficient (Wildman–Crippen LogP) is 2.94. The highest BCUT2D eigenvalue weighted by atomic mass is 16.3. The Morgan fingerprint density at radius 3 is 2.30 bits per heavy atom. The van der Waals surface area contributed by atoms with Crippen LogP contribution in [-0.4, -0.2) is 54.3 Å². The Bertz CT molecular complexity index is 855. The van der Waals surface area contributed by atoms with E-state index in [0.29, 0.717) is 31.7 Å². The SMILES string of the molecule is CC1=NN(c2ccc(C(=O)N3CCN(c4ccccc4O)CC3)cc2)CC1. The lowest BCUT2D eigenvalue weighted by Gasteiger charge is -2.36. The lowest BCUT2D eigenvalue weighted by atomic mass is 10.1. The Morgan fingerprint density at radius 2 is 1.67 bits per heavy atom. The Labute approximate surface area is 159 Å². The predicted molar refractivity (Wildman–Crippen MR) is 108 cm³/mol. The van der Waals surface area contributed by atoms with Crippen molar-refractivity contribution in [3.8, 4) is 5.75 Å². The maximum Gasteiger partial charge on any atom is 0.253 e. The molecule has 0 atom stereocenters. The second kappa shape index (κ2) is 7.31. The van der Waals surface area contributed by atoms with E-state index in [-0.39, 0.29) is 11.7 Å². The molecule has 2 heterocycles. The molecule has 0 aromatic heterocycles. The van der Waals surface area contributed by atoms with Crippen molar-refractivity contribution in [1.29, 1.82) is 0 Å². The smallest absolute Gasteiger partial charge is 0.253 e. The summed E-state index contributed by atoms with van der Waals surface area (Å²) in [6, 6.07) is 15.0. The normalized spacial score (nSPS) is 17.2. The topological polar surface area (TPSA) is 59.4 Å². The summed E-state index contributed by atoms with van der Waals surface area (Å²) in [5.74, 6) is 0.340. The van der Waals surface area contributed by atoms with Crippen molar-refractivity contribution < 1.29 is 9.90 Å². The molecule has 1 N–H and O–H groups in total. The summed E-state index contributed by atoms with van der Waals surface area (Å²) in [6.07, 6.45) is 0.988. The third-order valence-corrected chi connectivity index (χ3v) is 5.18. The van der Waals surface area contributed by atoms with E-state index in [2.05, 4.69) is 10.0 Å². The van der Waals surface area contributed by atoms with Crippen LogP contribution in [0.4, 0.5) is 11.4 Å². The number of amides is 1. The van der Waals surface area contributed by atoms with Crippen LogP contribution in [0.3, 0.4) is 0 Å². The minimum atomic E-state index is 0.0552. The first-order valence-electron chi connectivity index (χ1n) is 9.36. The standard InChI is InChI=1S/C21H24N4O2/c1-16-10-11-25(22-16)18-8-6-17(7-9-18)21(27)24-14-12-23(13-15-24)19-4-2-3-5-20(19)26/h2-9,26H,10-15H2,1H3. The van der Waals surface area contributed by atoms with E-state index < -0.39 is 0 Å². The molecule has 0 unspecified atom stereocenters. The molecule has 2 aromatic rings. The molecule has 0 radical (unpaired) electrons. The molecule has 2 aliphatic heterocycles. The van der Waals surface area contributed by atoms with Gasteiger partial charge >= 0.3 is 0 Å². The minimum Gasteiger partial charge on any atom is -0.506 e. The van der Waals surface area contributed by atoms with Crippen molar-refractivity contribution >= 4 is 23.0 Å². The van der Waals surface area contributed by atoms with Crippen LogP contribution in [0.25, 0.3) is 0 Å². The highest BCUT2D eigenvalue weighted by Gasteiger charge is 2.23. The van der Waals surface area contributed by atoms with Crippen LogP contribution in [0.5, 0.6) is 5.75 Å². The van der Waals surface area contributed by atoms with E-state index in [0.717, 1.165) is 30.1 Å². The Morgan fingerprint density at radius 1 is 0.963 bits per heavy atom. The zero-order chi connectivity index (χ0) is 18.8. The number of aromatic hydroxyl groups is 1. The first-order valence-corrected chi connectivity index (χ1v) is 9.36. The number of carbonyl (C=O) groups excluding carboxylic acids is 1. The van der Waals surface area contributed by atoms with Crippen LogP contribution < -0.4 is 9.91 Å². The highest BCUT2D eigenvalue weighted by molar-refractivity contribution is 5.95. The third kappa shape index (κ3) is 3.60. The van der Waals surface area contributed by atoms with Gasteiger partial charge in [0.25, 0.3) is 5.91 Å². The second-order valence-electron chi connectivity index (χ2n) is 7.02. The van der Waals surface area contributed by atoms with Crippen molar-refractivity contribution in [2.45, 2.75) is 13.3 Å². The summed E-state index contributed by atoms with van der Waals surface area (Å²) in [5.41, 5.74) is 3.69. The molecule has 1 amide bonds. The van der Waals surface area contributed by atoms with Gasteiger partial charge in [0.15, 0.2) is 0 Å². The lowest BCUT2D eigenvalue weighted by Crippen LogP contribution is -2.48. The molecule has 27 heavy (non-hydrogen) atoms. The maximum absolute atomic E-state index is 12.8. The fraction of sp³-hybridized carbons (Fsp3) is 0.333. The first kappa shape index (κ1) is 17.4. The number of anilines is 2. The van der Waals surface area contributed by atoms with E-state index in [1.807, 2.05) is 59.3 Å². The molecule has 0 saturated carbocycles. The largest absolute Gasteiger partial charge is 0.506 e. The molecule has 0 bridgehead atoms. The van der Waals surface area contributed by atoms with Crippen LogP contribution in [0, 0.1) is 0 Å². The number of para-hydroxylation sites is 2. The highest BCUT2D eigenvalue weighted by Crippen LogP contribution is 2.27. The third-order valence-electron chi connectivity index (χ3n) is 5.18. The van der Waals surface area contributed by atoms with E-state index in [4.69, 9.17) is 0 Å². The van der Waals surface area contributed by atoms with Gasteiger partial charge in [-0.1, -0.05) is 12.1 Å². The van der Waals surface area contributed by atoms with Crippen molar-refractivity contribution in [1.82, 2.24) is 4.90 Å². The number of nitrogens with zero attached hydrogens (tertiary/aromatic N) is 4. The first-order chi connectivity index (χ1) is 13.1. The molecule has 1 fully saturated rings. The monoisotopic (exact) mass is 364 g/mol. The fourth-order valence-electron chi connectivity index (χ4n) is 3.60. The number of phenolic OH excluding ortho intramolecular Hbond substituents is 1. The zero-order valence-corrected chi connectivity index (χ0v) is 15.5. The molecule has 6 heteroatoms. The molecule has 0 spiro atoms. The Hall–Kier alpha value is -3.02. The Balaban J connectivity index is 1.39. The number of rotatable bonds is 3. The van der Waals surface area contributed by atoms with Crippen LogP contribution in [-0.2, 0) is 0 Å². The molecule has 2 aromatic carbocycles. The van der Waals surface area contributed by atoms with Crippen molar-refractivity contribution in [3.63, 3.8) is 0 Å². The van der Waals surface area contributed by atoms with Gasteiger partial charge in [0.05, 0.1) is 11.4 Å². The summed E-state index contributed by atoms with van der Waals surface area (Å²) in [6.45, 7) is 5.64. The molecule has 1 saturated heterocycles. The van der Waals surface area contributed by atoms with E-state index >= 15 is 0 Å². The fourth-order valence-corrected chi connectivity index (χ4v) is 3.60. The van der Waals surface area contributed by atoms with Gasteiger partial charge in [0, 0.05) is 50.4 Å². The summed E-state index contributed by atoms with van der Waals surface area (Å²) in [5, 5.41) is 16.5. The second-order valence-corrected chi connectivity index (χ2v) is 7.02. The van der Waals surface area contributed by atoms with Crippen LogP contribution in [0.2, 0.25) is 0 Å². The van der Waals surface area contributed by atoms with Gasteiger partial charge < -0.3 is 14.9 Å². The molecule has 2 aliphatic rings. The summed E-state index contributed by atoms with van der Waals surface area (Å²) in [4.78, 5) is 16.8. The number of benzene rings is 2. The van der Waals surface area contributed by atoms with Crippen LogP contribution in [0.1, 0.15) is 23.7 Å². The lowest BCUT2D eigenvalue weighted by molar-refractivity contribution is 0.0747. The molecular formula is C21H24N4O2. The van der Waals surface area contributed by atoms with Crippen LogP contribution in [0.15, 0.2) is 53.6 Å². The van der Waals surface area contributed by atoms with Crippen molar-refractivity contribution in [2.75, 3.05) is 42.6 Å². The average molecular weight is 364 g/mol. The molecular weight excluding hydrogens is 340 g/mol. The summed E-state index contributed by atoms with van der Waals surface area (Å²) >= 11 is 0. The average Bonchev–Trinajstić information content (AvgIpc) is 3.14. The minimum absolute atomic E-state index is 0.0552. The van der Waals surface area contributed by atoms with Gasteiger partial charge in [-0.15, -0.1) is 0 Å². The number of phenols is 1. The maximum atomic E-state index is 12.8. The summed E-state index contributed by atoms with van der Waals surface area (Å²) in [7, 11) is 0. The van der Waals surface area contributed by atoms with Crippen LogP contribution >= 0.6 is 0 Å². The van der Waals surface area contributed by atoms with E-state index in [9.17, 15) is 9.90 Å². The van der Waals surface area contributed by atoms with Gasteiger partial charge in [0.2, 0.25) is 0 Å². The van der Waals surface area contributed by atoms with Gasteiger partial charge in [0.1, 0.15) is 5.75 Å². The molecule has 140 valence electrons. The number of hydrazone groups is 1. The van der Waals surface area contributed by atoms with E-state index in [1.165, 1.54) is 0 Å². The number of carbonyl (C=O) groups is 1. The van der Waals surface area contributed by atoms with Gasteiger partial charge in [-0.3, -0.25) is 9.80 Å². The quantitative estimate of drug-likeness (QED) is 0.910. The zero-order valence-electron chi connectivity index (χ0n) is 15.5. The number of hydrogen-bond donors (Lipinski definition) is 1. The molecule has 0 aliphatic carbocycles. The summed E-state index contributed by atoms with van der Waals surface area (Å²) < 4.78 is 0. The van der Waals surface area contributed by atoms with Gasteiger partial charge in [-0.25, -0.2) is 0 Å². The van der Waals surface area contributed by atoms with Gasteiger partial charge in [-0.2, -0.15) is 5.10 Å².